The Bertz CT molecular complexity index is 890. The van der Waals surface area contributed by atoms with Crippen molar-refractivity contribution < 1.29 is 24.1 Å². The van der Waals surface area contributed by atoms with E-state index in [1.165, 1.54) is 7.11 Å². The van der Waals surface area contributed by atoms with E-state index in [9.17, 15) is 15.2 Å². The minimum atomic E-state index is -0.627. The molecule has 2 aliphatic heterocycles. The van der Waals surface area contributed by atoms with Gasteiger partial charge < -0.3 is 30.0 Å². The van der Waals surface area contributed by atoms with E-state index in [2.05, 4.69) is 21.6 Å². The van der Waals surface area contributed by atoms with Crippen molar-refractivity contribution in [2.45, 2.75) is 57.8 Å². The number of nitriles is 1. The molecule has 0 unspecified atom stereocenters. The molecule has 2 aliphatic rings. The Morgan fingerprint density at radius 3 is 2.55 bits per heavy atom. The van der Waals surface area contributed by atoms with Crippen molar-refractivity contribution in [3.8, 4) is 23.3 Å². The van der Waals surface area contributed by atoms with Gasteiger partial charge in [-0.3, -0.25) is 4.90 Å². The third-order valence-electron chi connectivity index (χ3n) is 5.79. The van der Waals surface area contributed by atoms with Crippen molar-refractivity contribution in [3.05, 3.63) is 16.7 Å². The number of alkyl carbamates (subject to hydrolysis) is 1. The molecule has 1 amide bonds. The van der Waals surface area contributed by atoms with Gasteiger partial charge in [-0.2, -0.15) is 5.26 Å². The Kier molecular flexibility index (Phi) is 6.53. The summed E-state index contributed by atoms with van der Waals surface area (Å²) in [7, 11) is 3.08. The molecule has 31 heavy (non-hydrogen) atoms. The molecule has 0 saturated carbocycles. The molecular formula is C22H32N4O5. The second-order valence-corrected chi connectivity index (χ2v) is 8.94. The van der Waals surface area contributed by atoms with Crippen LogP contribution in [-0.2, 0) is 11.2 Å². The quantitative estimate of drug-likeness (QED) is 0.662. The monoisotopic (exact) mass is 432 g/mol. The summed E-state index contributed by atoms with van der Waals surface area (Å²) in [5.74, 6) is 1.12. The number of carbonyl (C=O) groups excluding carboxylic acids is 1. The highest BCUT2D eigenvalue weighted by Gasteiger charge is 2.44. The molecule has 3 atom stereocenters. The number of benzene rings is 1. The standard InChI is InChI=1S/C22H32N4O5/c1-12-18(27)15-7-13-9-24-10-14(8-23)26(13)16(11-25-21(28)31-22(2,3)4)17(15)20(30-6)19(12)29-5/h13-14,16,24,27H,7,9-11H2,1-6H3,(H,25,28)/t13-,14-,16-/m0/s1. The van der Waals surface area contributed by atoms with E-state index in [0.717, 1.165) is 11.1 Å². The van der Waals surface area contributed by atoms with Gasteiger partial charge in [0.25, 0.3) is 0 Å². The second-order valence-electron chi connectivity index (χ2n) is 8.94. The average Bonchev–Trinajstić information content (AvgIpc) is 2.72. The molecule has 3 rings (SSSR count). The number of phenolic OH excluding ortho intramolecular Hbond substituents is 1. The van der Waals surface area contributed by atoms with Gasteiger partial charge in [0.05, 0.1) is 26.3 Å². The van der Waals surface area contributed by atoms with Crippen LogP contribution in [0.1, 0.15) is 43.5 Å². The third-order valence-corrected chi connectivity index (χ3v) is 5.79. The van der Waals surface area contributed by atoms with Crippen molar-refractivity contribution in [3.63, 3.8) is 0 Å². The lowest BCUT2D eigenvalue weighted by molar-refractivity contribution is 0.0397. The van der Waals surface area contributed by atoms with E-state index in [4.69, 9.17) is 14.2 Å². The van der Waals surface area contributed by atoms with Crippen LogP contribution < -0.4 is 20.1 Å². The van der Waals surface area contributed by atoms with Crippen LogP contribution in [-0.4, -0.2) is 67.6 Å². The maximum Gasteiger partial charge on any atom is 0.407 e. The van der Waals surface area contributed by atoms with E-state index in [-0.39, 0.29) is 18.3 Å². The zero-order valence-corrected chi connectivity index (χ0v) is 19.0. The Morgan fingerprint density at radius 1 is 1.29 bits per heavy atom. The highest BCUT2D eigenvalue weighted by atomic mass is 16.6. The molecule has 0 bridgehead atoms. The lowest BCUT2D eigenvalue weighted by atomic mass is 9.82. The maximum absolute atomic E-state index is 12.4. The smallest absolute Gasteiger partial charge is 0.407 e. The van der Waals surface area contributed by atoms with E-state index in [1.54, 1.807) is 34.8 Å². The molecule has 2 heterocycles. The van der Waals surface area contributed by atoms with Crippen LogP contribution >= 0.6 is 0 Å². The van der Waals surface area contributed by atoms with Crippen molar-refractivity contribution in [2.75, 3.05) is 33.9 Å². The molecule has 0 spiro atoms. The number of ether oxygens (including phenoxy) is 3. The molecule has 0 aromatic heterocycles. The first kappa shape index (κ1) is 23.0. The molecule has 1 aromatic rings. The Labute approximate surface area is 183 Å². The van der Waals surface area contributed by atoms with Gasteiger partial charge in [-0.05, 0) is 34.1 Å². The largest absolute Gasteiger partial charge is 0.507 e. The number of nitrogens with one attached hydrogen (secondary N) is 2. The number of carbonyl (C=O) groups is 1. The van der Waals surface area contributed by atoms with Crippen LogP contribution in [0.4, 0.5) is 4.79 Å². The molecular weight excluding hydrogens is 400 g/mol. The van der Waals surface area contributed by atoms with E-state index < -0.39 is 23.8 Å². The van der Waals surface area contributed by atoms with Crippen LogP contribution in [0, 0.1) is 18.3 Å². The summed E-state index contributed by atoms with van der Waals surface area (Å²) >= 11 is 0. The predicted molar refractivity (Wildman–Crippen MR) is 115 cm³/mol. The number of hydrogen-bond donors (Lipinski definition) is 3. The van der Waals surface area contributed by atoms with Crippen LogP contribution in [0.3, 0.4) is 0 Å². The summed E-state index contributed by atoms with van der Waals surface area (Å²) in [4.78, 5) is 14.5. The highest BCUT2D eigenvalue weighted by Crippen LogP contribution is 2.50. The molecule has 1 fully saturated rings. The zero-order valence-electron chi connectivity index (χ0n) is 19.0. The molecule has 0 aliphatic carbocycles. The maximum atomic E-state index is 12.4. The predicted octanol–water partition coefficient (Wildman–Crippen LogP) is 2.01. The number of fused-ring (bicyclic) bond motifs is 2. The fourth-order valence-electron chi connectivity index (χ4n) is 4.60. The van der Waals surface area contributed by atoms with Crippen molar-refractivity contribution in [1.82, 2.24) is 15.5 Å². The number of rotatable bonds is 4. The van der Waals surface area contributed by atoms with E-state index in [0.29, 0.717) is 36.6 Å². The zero-order chi connectivity index (χ0) is 22.9. The Morgan fingerprint density at radius 2 is 1.97 bits per heavy atom. The van der Waals surface area contributed by atoms with E-state index >= 15 is 0 Å². The van der Waals surface area contributed by atoms with Crippen LogP contribution in [0.2, 0.25) is 0 Å². The summed E-state index contributed by atoms with van der Waals surface area (Å²) in [5, 5.41) is 26.9. The Balaban J connectivity index is 2.09. The van der Waals surface area contributed by atoms with Gasteiger partial charge in [0, 0.05) is 42.4 Å². The van der Waals surface area contributed by atoms with Crippen LogP contribution in [0.25, 0.3) is 0 Å². The topological polar surface area (TPSA) is 116 Å². The first-order valence-electron chi connectivity index (χ1n) is 10.4. The number of aromatic hydroxyl groups is 1. The minimum Gasteiger partial charge on any atom is -0.507 e. The van der Waals surface area contributed by atoms with Gasteiger partial charge in [-0.1, -0.05) is 0 Å². The molecule has 9 nitrogen and oxygen atoms in total. The number of amides is 1. The van der Waals surface area contributed by atoms with Crippen molar-refractivity contribution in [2.24, 2.45) is 0 Å². The fourth-order valence-corrected chi connectivity index (χ4v) is 4.60. The summed E-state index contributed by atoms with van der Waals surface area (Å²) in [6.07, 6.45) is 0.0123. The summed E-state index contributed by atoms with van der Waals surface area (Å²) in [6, 6.07) is 1.56. The molecule has 1 aromatic carbocycles. The molecule has 3 N–H and O–H groups in total. The highest BCUT2D eigenvalue weighted by molar-refractivity contribution is 5.68. The van der Waals surface area contributed by atoms with Gasteiger partial charge in [0.15, 0.2) is 11.5 Å². The second kappa shape index (κ2) is 8.81. The summed E-state index contributed by atoms with van der Waals surface area (Å²) in [6.45, 7) is 8.57. The molecule has 0 radical (unpaired) electrons. The lowest BCUT2D eigenvalue weighted by Gasteiger charge is -2.49. The van der Waals surface area contributed by atoms with Crippen molar-refractivity contribution in [1.29, 1.82) is 5.26 Å². The van der Waals surface area contributed by atoms with Gasteiger partial charge in [-0.25, -0.2) is 4.79 Å². The number of phenols is 1. The normalized spacial score (nSPS) is 23.2. The van der Waals surface area contributed by atoms with Gasteiger partial charge >= 0.3 is 6.09 Å². The lowest BCUT2D eigenvalue weighted by Crippen LogP contribution is -2.61. The van der Waals surface area contributed by atoms with Crippen LogP contribution in [0.5, 0.6) is 17.2 Å². The fraction of sp³-hybridized carbons (Fsp3) is 0.636. The Hall–Kier alpha value is -2.70. The number of nitrogens with zero attached hydrogens (tertiary/aromatic N) is 2. The molecule has 9 heteroatoms. The number of hydrogen-bond acceptors (Lipinski definition) is 8. The van der Waals surface area contributed by atoms with E-state index in [1.807, 2.05) is 0 Å². The SMILES string of the molecule is COc1c(C)c(O)c2c(c1OC)[C@H](CNC(=O)OC(C)(C)C)N1[C@H](CNC[C@@H]1C#N)C2. The molecule has 170 valence electrons. The van der Waals surface area contributed by atoms with Gasteiger partial charge in [0.1, 0.15) is 17.4 Å². The average molecular weight is 433 g/mol. The third kappa shape index (κ3) is 4.36. The van der Waals surface area contributed by atoms with Gasteiger partial charge in [0.2, 0.25) is 0 Å². The minimum absolute atomic E-state index is 0.0141. The van der Waals surface area contributed by atoms with Gasteiger partial charge in [-0.15, -0.1) is 0 Å². The number of piperazine rings is 1. The first-order valence-corrected chi connectivity index (χ1v) is 10.4. The molecule has 1 saturated heterocycles. The summed E-state index contributed by atoms with van der Waals surface area (Å²) in [5.41, 5.74) is 1.47. The van der Waals surface area contributed by atoms with Crippen LogP contribution in [0.15, 0.2) is 0 Å². The summed E-state index contributed by atoms with van der Waals surface area (Å²) < 4.78 is 16.7. The number of methoxy groups -OCH3 is 2. The van der Waals surface area contributed by atoms with Crippen molar-refractivity contribution >= 4 is 6.09 Å². The first-order chi connectivity index (χ1) is 14.6.